The highest BCUT2D eigenvalue weighted by molar-refractivity contribution is 6.03. The van der Waals surface area contributed by atoms with E-state index in [0.29, 0.717) is 33.2 Å². The van der Waals surface area contributed by atoms with Crippen LogP contribution in [-0.4, -0.2) is 42.1 Å². The molecule has 3 aromatic rings. The minimum absolute atomic E-state index is 0.128. The van der Waals surface area contributed by atoms with Gasteiger partial charge in [0.1, 0.15) is 0 Å². The molecule has 0 aromatic carbocycles. The van der Waals surface area contributed by atoms with Crippen LogP contribution in [0, 0.1) is 13.8 Å². The molecule has 5 rings (SSSR count). The summed E-state index contributed by atoms with van der Waals surface area (Å²) < 4.78 is 0. The lowest BCUT2D eigenvalue weighted by molar-refractivity contribution is 0.0687. The molecule has 0 atom stereocenters. The Morgan fingerprint density at radius 2 is 0.972 bits per heavy atom. The van der Waals surface area contributed by atoms with E-state index < -0.39 is 11.9 Å². The predicted octanol–water partition coefficient (Wildman–Crippen LogP) is 6.23. The number of carboxylic acid groups (broad SMARTS) is 2. The Labute approximate surface area is 207 Å². The molecular formula is C28H26N4O4. The van der Waals surface area contributed by atoms with Gasteiger partial charge in [0.25, 0.3) is 0 Å². The maximum Gasteiger partial charge on any atom is 0.338 e. The van der Waals surface area contributed by atoms with E-state index >= 15 is 0 Å². The van der Waals surface area contributed by atoms with E-state index in [1.54, 1.807) is 26.0 Å². The molecule has 8 heteroatoms. The summed E-state index contributed by atoms with van der Waals surface area (Å²) >= 11 is 0. The molecule has 0 saturated heterocycles. The van der Waals surface area contributed by atoms with Crippen LogP contribution in [0.25, 0.3) is 44.4 Å². The summed E-state index contributed by atoms with van der Waals surface area (Å²) in [5, 5.41) is 19.8. The minimum atomic E-state index is -1.07. The van der Waals surface area contributed by atoms with E-state index in [1.165, 1.54) is 0 Å². The second kappa shape index (κ2) is 8.05. The lowest BCUT2D eigenvalue weighted by atomic mass is 10.0. The first-order valence-corrected chi connectivity index (χ1v) is 11.6. The average Bonchev–Trinajstić information content (AvgIpc) is 3.47. The summed E-state index contributed by atoms with van der Waals surface area (Å²) in [6.45, 7) is 11.5. The maximum atomic E-state index is 12.1. The summed E-state index contributed by atoms with van der Waals surface area (Å²) in [5.74, 6) is -2.14. The molecule has 0 fully saturated rings. The number of hydrogen-bond acceptors (Lipinski definition) is 4. The Morgan fingerprint density at radius 3 is 1.31 bits per heavy atom. The van der Waals surface area contributed by atoms with Gasteiger partial charge in [0, 0.05) is 11.0 Å². The Morgan fingerprint density at radius 1 is 0.611 bits per heavy atom. The van der Waals surface area contributed by atoms with Crippen LogP contribution < -0.4 is 0 Å². The number of fused-ring (bicyclic) bond motifs is 9. The topological polar surface area (TPSA) is 132 Å². The van der Waals surface area contributed by atoms with Gasteiger partial charge in [0.15, 0.2) is 0 Å². The normalized spacial score (nSPS) is 13.5. The van der Waals surface area contributed by atoms with Crippen molar-refractivity contribution in [2.75, 3.05) is 0 Å². The summed E-state index contributed by atoms with van der Waals surface area (Å²) in [7, 11) is 0. The fraction of sp³-hybridized carbons (Fsp3) is 0.214. The molecule has 0 saturated carbocycles. The predicted molar refractivity (Wildman–Crippen MR) is 141 cm³/mol. The Bertz CT molecular complexity index is 1620. The number of H-pyrrole nitrogens is 2. The van der Waals surface area contributed by atoms with E-state index in [-0.39, 0.29) is 11.1 Å². The molecule has 3 aromatic heterocycles. The third-order valence-electron chi connectivity index (χ3n) is 7.33. The number of aromatic nitrogens is 4. The largest absolute Gasteiger partial charge is 0.478 e. The molecule has 2 aliphatic rings. The molecule has 2 aliphatic heterocycles. The zero-order chi connectivity index (χ0) is 26.0. The second-order valence-corrected chi connectivity index (χ2v) is 9.33. The van der Waals surface area contributed by atoms with Crippen molar-refractivity contribution in [3.8, 4) is 0 Å². The first-order valence-electron chi connectivity index (χ1n) is 11.6. The van der Waals surface area contributed by atoms with Gasteiger partial charge in [-0.2, -0.15) is 0 Å². The van der Waals surface area contributed by atoms with E-state index in [9.17, 15) is 19.8 Å². The summed E-state index contributed by atoms with van der Waals surface area (Å²) in [6.07, 6.45) is 0. The van der Waals surface area contributed by atoms with E-state index in [1.807, 2.05) is 39.8 Å². The van der Waals surface area contributed by atoms with Gasteiger partial charge in [0.2, 0.25) is 0 Å². The van der Waals surface area contributed by atoms with Crippen molar-refractivity contribution in [2.45, 2.75) is 41.5 Å². The van der Waals surface area contributed by atoms with Gasteiger partial charge in [-0.25, -0.2) is 19.6 Å². The summed E-state index contributed by atoms with van der Waals surface area (Å²) in [6, 6.07) is 6.90. The van der Waals surface area contributed by atoms with Crippen LogP contribution in [0.4, 0.5) is 0 Å². The monoisotopic (exact) mass is 482 g/mol. The molecule has 0 amide bonds. The highest BCUT2D eigenvalue weighted by Gasteiger charge is 2.24. The number of carbonyl (C=O) groups is 2. The lowest BCUT2D eigenvalue weighted by Crippen LogP contribution is -1.97. The number of aromatic amines is 2. The van der Waals surface area contributed by atoms with Crippen molar-refractivity contribution in [1.29, 1.82) is 0 Å². The first kappa shape index (κ1) is 23.3. The van der Waals surface area contributed by atoms with E-state index in [4.69, 9.17) is 9.97 Å². The molecule has 182 valence electrons. The first-order chi connectivity index (χ1) is 17.0. The molecule has 0 radical (unpaired) electrons. The molecule has 0 unspecified atom stereocenters. The number of aryl methyl sites for hydroxylation is 2. The third-order valence-corrected chi connectivity index (χ3v) is 7.33. The Kier molecular flexibility index (Phi) is 5.21. The highest BCUT2D eigenvalue weighted by Crippen LogP contribution is 2.38. The standard InChI is InChI=1S/C28H26N4O4/c1-11-13(3)25-26-14(4)12(2)20(32-26)10-22-16(6)24(28(35)36)18(30-22)8-7-17-23(27(33)34)15(5)21(29-17)9-19(11)31-25/h7-10,29-30H,1-6H3,(H,33,34)(H,35,36). The minimum Gasteiger partial charge on any atom is -0.478 e. The van der Waals surface area contributed by atoms with Crippen molar-refractivity contribution in [1.82, 2.24) is 19.9 Å². The number of allylic oxidation sites excluding steroid dienone is 4. The number of aromatic carboxylic acids is 2. The Hall–Kier alpha value is -4.46. The summed E-state index contributed by atoms with van der Waals surface area (Å²) in [4.78, 5) is 40.4. The van der Waals surface area contributed by atoms with Crippen LogP contribution in [0.5, 0.6) is 0 Å². The van der Waals surface area contributed by atoms with Gasteiger partial charge in [-0.05, 0) is 99.2 Å². The quantitative estimate of drug-likeness (QED) is 0.342. The molecule has 0 spiro atoms. The van der Waals surface area contributed by atoms with E-state index in [0.717, 1.165) is 45.1 Å². The smallest absolute Gasteiger partial charge is 0.338 e. The second-order valence-electron chi connectivity index (χ2n) is 9.33. The van der Waals surface area contributed by atoms with Crippen molar-refractivity contribution >= 4 is 56.3 Å². The zero-order valence-electron chi connectivity index (χ0n) is 20.9. The van der Waals surface area contributed by atoms with Crippen LogP contribution in [0.2, 0.25) is 0 Å². The van der Waals surface area contributed by atoms with Gasteiger partial charge in [-0.3, -0.25) is 0 Å². The van der Waals surface area contributed by atoms with Gasteiger partial charge in [-0.1, -0.05) is 0 Å². The van der Waals surface area contributed by atoms with Crippen molar-refractivity contribution in [2.24, 2.45) is 0 Å². The fourth-order valence-corrected chi connectivity index (χ4v) is 4.86. The zero-order valence-corrected chi connectivity index (χ0v) is 20.9. The van der Waals surface area contributed by atoms with Gasteiger partial charge in [0.05, 0.1) is 44.9 Å². The van der Waals surface area contributed by atoms with Crippen LogP contribution in [0.1, 0.15) is 82.3 Å². The SMILES string of the molecule is CC1=C(C)c2nc1cc1[nH]c(ccc3[nH]c(cc4nc2C(C)=C4C)c(C)c3C(=O)O)c(C(=O)O)c1C. The van der Waals surface area contributed by atoms with Crippen LogP contribution in [0.15, 0.2) is 24.3 Å². The van der Waals surface area contributed by atoms with Crippen molar-refractivity contribution in [3.63, 3.8) is 0 Å². The van der Waals surface area contributed by atoms with Gasteiger partial charge >= 0.3 is 11.9 Å². The molecule has 8 nitrogen and oxygen atoms in total. The van der Waals surface area contributed by atoms with Crippen molar-refractivity contribution < 1.29 is 19.8 Å². The van der Waals surface area contributed by atoms with Gasteiger partial charge in [-0.15, -0.1) is 0 Å². The number of nitrogens with one attached hydrogen (secondary N) is 2. The lowest BCUT2D eigenvalue weighted by Gasteiger charge is -2.00. The number of carboxylic acids is 2. The molecular weight excluding hydrogens is 456 g/mol. The highest BCUT2D eigenvalue weighted by atomic mass is 16.4. The average molecular weight is 483 g/mol. The number of rotatable bonds is 2. The Balaban J connectivity index is 2.03. The fourth-order valence-electron chi connectivity index (χ4n) is 4.86. The molecule has 36 heavy (non-hydrogen) atoms. The number of nitrogens with zero attached hydrogens (tertiary/aromatic N) is 2. The van der Waals surface area contributed by atoms with Crippen LogP contribution in [-0.2, 0) is 0 Å². The van der Waals surface area contributed by atoms with Gasteiger partial charge < -0.3 is 20.2 Å². The van der Waals surface area contributed by atoms with Crippen LogP contribution in [0.3, 0.4) is 0 Å². The van der Waals surface area contributed by atoms with E-state index in [2.05, 4.69) is 9.97 Å². The number of hydrogen-bond donors (Lipinski definition) is 4. The maximum absolute atomic E-state index is 12.1. The molecule has 8 bridgehead atoms. The molecule has 4 N–H and O–H groups in total. The van der Waals surface area contributed by atoms with Crippen LogP contribution >= 0.6 is 0 Å². The van der Waals surface area contributed by atoms with Crippen molar-refractivity contribution in [3.05, 3.63) is 69.3 Å². The molecule has 0 aliphatic carbocycles. The summed E-state index contributed by atoms with van der Waals surface area (Å²) in [5.41, 5.74) is 10.5. The third kappa shape index (κ3) is 3.37. The molecule has 5 heterocycles.